The number of aromatic nitrogens is 2. The molecule has 0 spiro atoms. The Balaban J connectivity index is 1.41. The molecule has 0 N–H and O–H groups in total. The molecule has 1 aromatic heterocycles. The molecule has 0 aliphatic heterocycles. The number of benzene rings is 4. The molecule has 0 aliphatic carbocycles. The molecule has 0 fully saturated rings. The summed E-state index contributed by atoms with van der Waals surface area (Å²) in [5.41, 5.74) is -1.43. The van der Waals surface area contributed by atoms with E-state index in [1.165, 1.54) is 18.2 Å². The van der Waals surface area contributed by atoms with Crippen molar-refractivity contribution in [1.82, 2.24) is 9.97 Å². The maximum atomic E-state index is 15.1. The second-order valence-corrected chi connectivity index (χ2v) is 9.69. The van der Waals surface area contributed by atoms with Gasteiger partial charge in [-0.1, -0.05) is 37.6 Å². The smallest absolute Gasteiger partial charge is 0.429 e. The molecule has 5 rings (SSSR count). The van der Waals surface area contributed by atoms with Crippen LogP contribution >= 0.6 is 0 Å². The Kier molecular flexibility index (Phi) is 8.36. The second-order valence-electron chi connectivity index (χ2n) is 9.69. The Hall–Kier alpha value is -4.87. The van der Waals surface area contributed by atoms with Crippen molar-refractivity contribution in [1.29, 1.82) is 0 Å². The number of hydrogen-bond acceptors (Lipinski definition) is 3. The van der Waals surface area contributed by atoms with Gasteiger partial charge in [0.05, 0.1) is 0 Å². The van der Waals surface area contributed by atoms with Crippen molar-refractivity contribution in [3.05, 3.63) is 125 Å². The molecule has 0 amide bonds. The van der Waals surface area contributed by atoms with Crippen molar-refractivity contribution >= 4 is 0 Å². The highest BCUT2D eigenvalue weighted by molar-refractivity contribution is 5.73. The first kappa shape index (κ1) is 30.6. The van der Waals surface area contributed by atoms with Gasteiger partial charge in [-0.3, -0.25) is 0 Å². The van der Waals surface area contributed by atoms with Crippen molar-refractivity contribution in [2.24, 2.45) is 0 Å². The number of hydrogen-bond donors (Lipinski definition) is 0. The van der Waals surface area contributed by atoms with E-state index in [1.54, 1.807) is 18.5 Å². The monoisotopic (exact) mass is 618 g/mol. The van der Waals surface area contributed by atoms with E-state index >= 15 is 8.78 Å². The first-order valence-corrected chi connectivity index (χ1v) is 13.0. The minimum Gasteiger partial charge on any atom is -0.429 e. The van der Waals surface area contributed by atoms with E-state index in [-0.39, 0.29) is 29.1 Å². The van der Waals surface area contributed by atoms with E-state index in [4.69, 9.17) is 0 Å². The maximum absolute atomic E-state index is 15.1. The van der Waals surface area contributed by atoms with Gasteiger partial charge in [-0.2, -0.15) is 8.78 Å². The summed E-state index contributed by atoms with van der Waals surface area (Å²) in [5, 5.41) is 0. The lowest BCUT2D eigenvalue weighted by Crippen LogP contribution is -2.25. The number of halogens is 9. The molecule has 5 aromatic rings. The Morgan fingerprint density at radius 2 is 1.11 bits per heavy atom. The number of nitrogens with zero attached hydrogens (tertiary/aromatic N) is 2. The molecule has 0 unspecified atom stereocenters. The maximum Gasteiger partial charge on any atom is 0.432 e. The molecule has 0 saturated carbocycles. The van der Waals surface area contributed by atoms with Crippen LogP contribution in [0.1, 0.15) is 24.5 Å². The van der Waals surface area contributed by atoms with Gasteiger partial charge in [0.15, 0.2) is 23.3 Å². The van der Waals surface area contributed by atoms with E-state index in [2.05, 4.69) is 14.7 Å². The van der Waals surface area contributed by atoms with Gasteiger partial charge in [0.1, 0.15) is 34.6 Å². The minimum absolute atomic E-state index is 0.0000280. The molecule has 0 radical (unpaired) electrons. The van der Waals surface area contributed by atoms with Gasteiger partial charge in [0.2, 0.25) is 0 Å². The number of ether oxygens (including phenoxy) is 1. The molecule has 0 aliphatic rings. The molecule has 12 heteroatoms. The molecule has 0 saturated heterocycles. The zero-order chi connectivity index (χ0) is 31.8. The summed E-state index contributed by atoms with van der Waals surface area (Å²) in [4.78, 5) is 8.48. The van der Waals surface area contributed by atoms with Gasteiger partial charge >= 0.3 is 6.11 Å². The molecule has 1 heterocycles. The average molecular weight is 618 g/mol. The highest BCUT2D eigenvalue weighted by Gasteiger charge is 2.41. The predicted octanol–water partition coefficient (Wildman–Crippen LogP) is 9.53. The topological polar surface area (TPSA) is 35.0 Å². The largest absolute Gasteiger partial charge is 0.432 e. The Labute approximate surface area is 244 Å². The summed E-state index contributed by atoms with van der Waals surface area (Å²) in [6.45, 7) is 2.01. The number of rotatable bonds is 8. The fraction of sp³-hybridized carbons (Fsp3) is 0.125. The first-order chi connectivity index (χ1) is 20.9. The average Bonchev–Trinajstić information content (AvgIpc) is 2.95. The minimum atomic E-state index is -4.81. The van der Waals surface area contributed by atoms with Crippen molar-refractivity contribution in [2.45, 2.75) is 25.9 Å². The van der Waals surface area contributed by atoms with E-state index in [9.17, 15) is 30.7 Å². The molecule has 44 heavy (non-hydrogen) atoms. The Morgan fingerprint density at radius 3 is 1.66 bits per heavy atom. The summed E-state index contributed by atoms with van der Waals surface area (Å²) in [7, 11) is 0. The van der Waals surface area contributed by atoms with Crippen LogP contribution in [0.15, 0.2) is 73.1 Å². The zero-order valence-electron chi connectivity index (χ0n) is 22.5. The molecule has 0 bridgehead atoms. The highest BCUT2D eigenvalue weighted by atomic mass is 19.3. The summed E-state index contributed by atoms with van der Waals surface area (Å²) < 4.78 is 133. The molecular formula is C32H19F9N2O. The second kappa shape index (κ2) is 12.0. The van der Waals surface area contributed by atoms with E-state index in [0.29, 0.717) is 17.7 Å². The lowest BCUT2D eigenvalue weighted by Gasteiger charge is -2.20. The van der Waals surface area contributed by atoms with Crippen LogP contribution in [0.4, 0.5) is 39.5 Å². The van der Waals surface area contributed by atoms with Gasteiger partial charge < -0.3 is 4.74 Å². The van der Waals surface area contributed by atoms with E-state index in [0.717, 1.165) is 30.5 Å². The Morgan fingerprint density at radius 1 is 0.614 bits per heavy atom. The van der Waals surface area contributed by atoms with Crippen molar-refractivity contribution in [3.63, 3.8) is 0 Å². The predicted molar refractivity (Wildman–Crippen MR) is 143 cm³/mol. The van der Waals surface area contributed by atoms with Gasteiger partial charge in [0, 0.05) is 41.2 Å². The fourth-order valence-corrected chi connectivity index (χ4v) is 4.52. The molecule has 0 atom stereocenters. The van der Waals surface area contributed by atoms with Gasteiger partial charge in [-0.25, -0.2) is 40.7 Å². The lowest BCUT2D eigenvalue weighted by molar-refractivity contribution is -0.189. The van der Waals surface area contributed by atoms with Crippen LogP contribution < -0.4 is 4.74 Å². The van der Waals surface area contributed by atoms with Crippen LogP contribution in [-0.2, 0) is 12.5 Å². The van der Waals surface area contributed by atoms with Crippen LogP contribution in [0.25, 0.3) is 33.6 Å². The lowest BCUT2D eigenvalue weighted by atomic mass is 9.97. The summed E-state index contributed by atoms with van der Waals surface area (Å²) in [5.74, 6) is -12.2. The normalized spacial score (nSPS) is 11.6. The van der Waals surface area contributed by atoms with Gasteiger partial charge in [-0.05, 0) is 47.4 Å². The van der Waals surface area contributed by atoms with Gasteiger partial charge in [-0.15, -0.1) is 0 Å². The molecular weight excluding hydrogens is 599 g/mol. The third-order valence-electron chi connectivity index (χ3n) is 6.60. The third-order valence-corrected chi connectivity index (χ3v) is 6.60. The van der Waals surface area contributed by atoms with Gasteiger partial charge in [0.25, 0.3) is 0 Å². The third kappa shape index (κ3) is 6.10. The summed E-state index contributed by atoms with van der Waals surface area (Å²) in [6.07, 6.45) is 0.185. The SMILES string of the molecule is CCCc1cnc(-c2ccc(-c3ccc(-c4cc(F)c(C(F)(F)Oc5cc(F)c(F)c(F)c5)c(F)c4)c(F)c3)c(F)c2)nc1. The van der Waals surface area contributed by atoms with Crippen molar-refractivity contribution < 1.29 is 44.3 Å². The van der Waals surface area contributed by atoms with E-state index < -0.39 is 69.3 Å². The van der Waals surface area contributed by atoms with Crippen LogP contribution in [0, 0.1) is 40.7 Å². The van der Waals surface area contributed by atoms with Crippen LogP contribution in [0.5, 0.6) is 5.75 Å². The van der Waals surface area contributed by atoms with Crippen LogP contribution in [-0.4, -0.2) is 9.97 Å². The van der Waals surface area contributed by atoms with Crippen LogP contribution in [0.3, 0.4) is 0 Å². The highest BCUT2D eigenvalue weighted by Crippen LogP contribution is 2.38. The summed E-state index contributed by atoms with van der Waals surface area (Å²) in [6, 6.07) is 8.31. The summed E-state index contributed by atoms with van der Waals surface area (Å²) >= 11 is 0. The van der Waals surface area contributed by atoms with Crippen LogP contribution in [0.2, 0.25) is 0 Å². The first-order valence-electron chi connectivity index (χ1n) is 13.0. The number of aryl methyl sites for hydroxylation is 1. The molecule has 4 aromatic carbocycles. The fourth-order valence-electron chi connectivity index (χ4n) is 4.52. The Bertz CT molecular complexity index is 1810. The number of alkyl halides is 2. The van der Waals surface area contributed by atoms with E-state index in [1.807, 2.05) is 6.92 Å². The standard InChI is InChI=1S/C32H19F9N2O/c1-2-3-16-14-42-31(43-15-16)18-5-7-21(24(34)9-18)17-4-6-22(23(33)8-17)19-10-25(35)29(26(36)11-19)32(40,41)44-20-12-27(37)30(39)28(38)13-20/h4-15H,2-3H2,1H3. The zero-order valence-corrected chi connectivity index (χ0v) is 22.5. The quantitative estimate of drug-likeness (QED) is 0.128. The van der Waals surface area contributed by atoms with Crippen molar-refractivity contribution in [2.75, 3.05) is 0 Å². The van der Waals surface area contributed by atoms with Crippen molar-refractivity contribution in [3.8, 4) is 39.4 Å². The molecule has 3 nitrogen and oxygen atoms in total. The molecule has 226 valence electrons.